The molecule has 0 radical (unpaired) electrons. The van der Waals surface area contributed by atoms with Gasteiger partial charge < -0.3 is 24.6 Å². The molecule has 10 heteroatoms. The van der Waals surface area contributed by atoms with Crippen LogP contribution >= 0.6 is 7.82 Å². The minimum Gasteiger partial charge on any atom is -0.457 e. The highest BCUT2D eigenvalue weighted by molar-refractivity contribution is 7.47. The molecule has 9 nitrogen and oxygen atoms in total. The monoisotopic (exact) mass is 811 g/mol. The van der Waals surface area contributed by atoms with Gasteiger partial charge in [0.2, 0.25) is 0 Å². The molecule has 0 aromatic carbocycles. The lowest BCUT2D eigenvalue weighted by molar-refractivity contribution is -0.154. The second kappa shape index (κ2) is 42.8. The van der Waals surface area contributed by atoms with E-state index >= 15 is 0 Å². The number of rotatable bonds is 42. The summed E-state index contributed by atoms with van der Waals surface area (Å²) >= 11 is 0. The van der Waals surface area contributed by atoms with E-state index in [2.05, 4.69) is 74.6 Å². The largest absolute Gasteiger partial charge is 0.472 e. The molecular formula is C46H83O9P. The number of unbranched alkanes of at least 4 members (excludes halogenated alkanes) is 18. The molecule has 326 valence electrons. The van der Waals surface area contributed by atoms with Crippen LogP contribution in [0.2, 0.25) is 0 Å². The molecule has 0 fully saturated rings. The van der Waals surface area contributed by atoms with Gasteiger partial charge in [-0.3, -0.25) is 13.8 Å². The quantitative estimate of drug-likeness (QED) is 0.0239. The Morgan fingerprint density at radius 3 is 1.55 bits per heavy atom. The van der Waals surface area contributed by atoms with Gasteiger partial charge in [0.25, 0.3) is 0 Å². The maximum Gasteiger partial charge on any atom is 0.472 e. The van der Waals surface area contributed by atoms with Gasteiger partial charge in [-0.25, -0.2) is 4.57 Å². The average molecular weight is 811 g/mol. The lowest BCUT2D eigenvalue weighted by atomic mass is 10.1. The molecule has 0 aliphatic heterocycles. The highest BCUT2D eigenvalue weighted by atomic mass is 31.2. The SMILES string of the molecule is CC/C=C\C/C=C\C/C=C\C/C=C\CCCCCCCCC(=O)OC(COCCCCCCCC/C=C\CCCCCCCC)COP(=O)(O)OCC(O)CO. The summed E-state index contributed by atoms with van der Waals surface area (Å²) < 4.78 is 33.4. The smallest absolute Gasteiger partial charge is 0.457 e. The molecule has 0 aliphatic rings. The summed E-state index contributed by atoms with van der Waals surface area (Å²) in [6, 6.07) is 0. The molecule has 0 aromatic heterocycles. The molecule has 56 heavy (non-hydrogen) atoms. The molecule has 3 unspecified atom stereocenters. The number of aliphatic hydroxyl groups is 2. The van der Waals surface area contributed by atoms with Crippen LogP contribution in [0.15, 0.2) is 60.8 Å². The van der Waals surface area contributed by atoms with Crippen LogP contribution in [-0.2, 0) is 27.9 Å². The van der Waals surface area contributed by atoms with Crippen LogP contribution in [0.3, 0.4) is 0 Å². The van der Waals surface area contributed by atoms with E-state index in [4.69, 9.17) is 23.6 Å². The molecule has 0 aliphatic carbocycles. The number of phosphoric acid groups is 1. The Hall–Kier alpha value is -1.84. The summed E-state index contributed by atoms with van der Waals surface area (Å²) in [5, 5.41) is 18.4. The first-order valence-corrected chi connectivity index (χ1v) is 23.8. The Balaban J connectivity index is 4.21. The Labute approximate surface area is 342 Å². The van der Waals surface area contributed by atoms with Gasteiger partial charge in [-0.15, -0.1) is 0 Å². The topological polar surface area (TPSA) is 132 Å². The van der Waals surface area contributed by atoms with Crippen molar-refractivity contribution in [3.8, 4) is 0 Å². The molecule has 0 amide bonds. The third-order valence-corrected chi connectivity index (χ3v) is 10.1. The number of hydrogen-bond donors (Lipinski definition) is 3. The van der Waals surface area contributed by atoms with Crippen molar-refractivity contribution >= 4 is 13.8 Å². The Morgan fingerprint density at radius 2 is 1.02 bits per heavy atom. The second-order valence-electron chi connectivity index (χ2n) is 14.7. The molecule has 0 saturated heterocycles. The van der Waals surface area contributed by atoms with E-state index in [0.717, 1.165) is 89.9 Å². The van der Waals surface area contributed by atoms with E-state index in [1.807, 2.05) is 0 Å². The van der Waals surface area contributed by atoms with Gasteiger partial charge >= 0.3 is 13.8 Å². The van der Waals surface area contributed by atoms with Crippen molar-refractivity contribution in [2.24, 2.45) is 0 Å². The van der Waals surface area contributed by atoms with Crippen LogP contribution in [-0.4, -0.2) is 66.3 Å². The van der Waals surface area contributed by atoms with Crippen LogP contribution in [0, 0.1) is 0 Å². The molecule has 3 atom stereocenters. The molecule has 0 rings (SSSR count). The van der Waals surface area contributed by atoms with E-state index in [1.165, 1.54) is 64.2 Å². The molecule has 0 saturated carbocycles. The highest BCUT2D eigenvalue weighted by Crippen LogP contribution is 2.43. The fourth-order valence-corrected chi connectivity index (χ4v) is 6.60. The van der Waals surface area contributed by atoms with E-state index in [1.54, 1.807) is 0 Å². The van der Waals surface area contributed by atoms with Gasteiger partial charge in [-0.2, -0.15) is 0 Å². The summed E-state index contributed by atoms with van der Waals surface area (Å²) in [6.45, 7) is 3.37. The molecule has 0 bridgehead atoms. The van der Waals surface area contributed by atoms with Crippen molar-refractivity contribution < 1.29 is 43.0 Å². The van der Waals surface area contributed by atoms with Gasteiger partial charge in [0.05, 0.1) is 26.4 Å². The first-order chi connectivity index (χ1) is 27.3. The Morgan fingerprint density at radius 1 is 0.571 bits per heavy atom. The third-order valence-electron chi connectivity index (χ3n) is 9.19. The zero-order valence-electron chi connectivity index (χ0n) is 35.6. The fourth-order valence-electron chi connectivity index (χ4n) is 5.81. The van der Waals surface area contributed by atoms with Crippen molar-refractivity contribution in [1.82, 2.24) is 0 Å². The van der Waals surface area contributed by atoms with E-state index < -0.39 is 39.2 Å². The summed E-state index contributed by atoms with van der Waals surface area (Å²) in [7, 11) is -4.53. The number of aliphatic hydroxyl groups excluding tert-OH is 2. The first kappa shape index (κ1) is 54.2. The average Bonchev–Trinajstić information content (AvgIpc) is 3.19. The maximum atomic E-state index is 12.6. The zero-order valence-corrected chi connectivity index (χ0v) is 36.5. The Kier molecular flexibility index (Phi) is 41.4. The van der Waals surface area contributed by atoms with Crippen molar-refractivity contribution in [3.63, 3.8) is 0 Å². The minimum atomic E-state index is -4.53. The molecule has 3 N–H and O–H groups in total. The van der Waals surface area contributed by atoms with Crippen LogP contribution in [0.5, 0.6) is 0 Å². The number of carbonyl (C=O) groups is 1. The number of allylic oxidation sites excluding steroid dienone is 10. The van der Waals surface area contributed by atoms with Crippen molar-refractivity contribution in [3.05, 3.63) is 60.8 Å². The molecular weight excluding hydrogens is 727 g/mol. The van der Waals surface area contributed by atoms with Gasteiger partial charge in [0, 0.05) is 13.0 Å². The second-order valence-corrected chi connectivity index (χ2v) is 16.1. The number of ether oxygens (including phenoxy) is 2. The highest BCUT2D eigenvalue weighted by Gasteiger charge is 2.26. The predicted octanol–water partition coefficient (Wildman–Crippen LogP) is 12.4. The summed E-state index contributed by atoms with van der Waals surface area (Å²) in [5.74, 6) is -0.400. The van der Waals surface area contributed by atoms with Crippen molar-refractivity contribution in [2.75, 3.05) is 33.0 Å². The van der Waals surface area contributed by atoms with Crippen LogP contribution in [0.1, 0.15) is 181 Å². The summed E-state index contributed by atoms with van der Waals surface area (Å²) in [4.78, 5) is 22.6. The van der Waals surface area contributed by atoms with Crippen LogP contribution in [0.25, 0.3) is 0 Å². The van der Waals surface area contributed by atoms with E-state index in [-0.39, 0.29) is 19.6 Å². The van der Waals surface area contributed by atoms with Crippen molar-refractivity contribution in [2.45, 2.75) is 193 Å². The zero-order chi connectivity index (χ0) is 41.1. The van der Waals surface area contributed by atoms with Gasteiger partial charge in [0.1, 0.15) is 12.2 Å². The number of carbonyl (C=O) groups excluding carboxylic acids is 1. The van der Waals surface area contributed by atoms with Gasteiger partial charge in [-0.05, 0) is 77.0 Å². The number of hydrogen-bond acceptors (Lipinski definition) is 8. The summed E-state index contributed by atoms with van der Waals surface area (Å²) in [5.41, 5.74) is 0. The predicted molar refractivity (Wildman–Crippen MR) is 233 cm³/mol. The van der Waals surface area contributed by atoms with Crippen LogP contribution in [0.4, 0.5) is 0 Å². The molecule has 0 heterocycles. The van der Waals surface area contributed by atoms with Crippen molar-refractivity contribution in [1.29, 1.82) is 0 Å². The number of phosphoric ester groups is 1. The molecule has 0 aromatic rings. The van der Waals surface area contributed by atoms with Gasteiger partial charge in [-0.1, -0.05) is 158 Å². The lowest BCUT2D eigenvalue weighted by Gasteiger charge is -2.20. The minimum absolute atomic E-state index is 0.0371. The maximum absolute atomic E-state index is 12.6. The van der Waals surface area contributed by atoms with E-state index in [0.29, 0.717) is 13.0 Å². The Bertz CT molecular complexity index is 1060. The van der Waals surface area contributed by atoms with Gasteiger partial charge in [0.15, 0.2) is 0 Å². The normalized spacial score (nSPS) is 14.6. The first-order valence-electron chi connectivity index (χ1n) is 22.3. The lowest BCUT2D eigenvalue weighted by Crippen LogP contribution is -2.29. The molecule has 0 spiro atoms. The van der Waals surface area contributed by atoms with Crippen LogP contribution < -0.4 is 0 Å². The van der Waals surface area contributed by atoms with E-state index in [9.17, 15) is 19.4 Å². The standard InChI is InChI=1S/C46H83O9P/c1-3-5-7-9-11-13-15-17-19-21-22-23-24-26-28-30-32-34-36-38-46(49)55-45(43-54-56(50,51)53-41-44(48)40-47)42-52-39-37-35-33-31-29-27-25-20-18-16-14-12-10-8-6-4-2/h5,7,11,13,17-20,22-23,44-45,47-48H,3-4,6,8-10,12,14-16,21,24-43H2,1-2H3,(H,50,51)/b7-5-,13-11-,19-17-,20-18-,23-22-. The summed E-state index contributed by atoms with van der Waals surface area (Å²) in [6.07, 6.45) is 48.9. The fraction of sp³-hybridized carbons (Fsp3) is 0.761. The number of esters is 1. The third kappa shape index (κ3) is 41.8.